The van der Waals surface area contributed by atoms with Gasteiger partial charge in [-0.3, -0.25) is 4.57 Å². The van der Waals surface area contributed by atoms with E-state index < -0.39 is 0 Å². The van der Waals surface area contributed by atoms with Gasteiger partial charge in [-0.2, -0.15) is 4.98 Å². The number of imidazole rings is 1. The molecule has 4 heteroatoms. The normalized spacial score (nSPS) is 11.3. The van der Waals surface area contributed by atoms with Crippen molar-refractivity contribution in [3.8, 4) is 6.01 Å². The Labute approximate surface area is 97.2 Å². The van der Waals surface area contributed by atoms with Crippen LogP contribution in [0.3, 0.4) is 0 Å². The van der Waals surface area contributed by atoms with Gasteiger partial charge >= 0.3 is 0 Å². The summed E-state index contributed by atoms with van der Waals surface area (Å²) in [5.41, 5.74) is 2.06. The van der Waals surface area contributed by atoms with E-state index in [1.54, 1.807) is 7.11 Å². The molecular weight excluding hydrogens is 256 g/mol. The number of halogens is 1. The zero-order chi connectivity index (χ0) is 11.0. The summed E-state index contributed by atoms with van der Waals surface area (Å²) in [4.78, 5) is 4.41. The maximum Gasteiger partial charge on any atom is 0.297 e. The van der Waals surface area contributed by atoms with Crippen LogP contribution in [0.25, 0.3) is 11.0 Å². The quantitative estimate of drug-likeness (QED) is 0.835. The van der Waals surface area contributed by atoms with Gasteiger partial charge < -0.3 is 4.74 Å². The highest BCUT2D eigenvalue weighted by Crippen LogP contribution is 2.27. The summed E-state index contributed by atoms with van der Waals surface area (Å²) in [7, 11) is 1.65. The van der Waals surface area contributed by atoms with Crippen molar-refractivity contribution in [2.75, 3.05) is 7.11 Å². The second-order valence-corrected chi connectivity index (χ2v) is 4.61. The van der Waals surface area contributed by atoms with E-state index in [4.69, 9.17) is 4.74 Å². The average Bonchev–Trinajstić information content (AvgIpc) is 2.55. The lowest BCUT2D eigenvalue weighted by Gasteiger charge is -2.11. The van der Waals surface area contributed by atoms with Gasteiger partial charge in [-0.1, -0.05) is 15.9 Å². The van der Waals surface area contributed by atoms with E-state index in [-0.39, 0.29) is 0 Å². The minimum Gasteiger partial charge on any atom is -0.468 e. The Kier molecular flexibility index (Phi) is 2.69. The molecule has 2 aromatic rings. The largest absolute Gasteiger partial charge is 0.468 e. The van der Waals surface area contributed by atoms with Crippen molar-refractivity contribution in [3.05, 3.63) is 22.7 Å². The predicted octanol–water partition coefficient (Wildman–Crippen LogP) is 3.39. The highest BCUT2D eigenvalue weighted by atomic mass is 79.9. The van der Waals surface area contributed by atoms with Gasteiger partial charge in [0.2, 0.25) is 0 Å². The lowest BCUT2D eigenvalue weighted by Crippen LogP contribution is -2.03. The van der Waals surface area contributed by atoms with Crippen molar-refractivity contribution in [1.82, 2.24) is 9.55 Å². The van der Waals surface area contributed by atoms with Crippen molar-refractivity contribution in [3.63, 3.8) is 0 Å². The van der Waals surface area contributed by atoms with Crippen molar-refractivity contribution < 1.29 is 4.74 Å². The standard InChI is InChI=1S/C11H13BrN2O/c1-7(2)14-10-6-8(12)4-5-9(10)13-11(14)15-3/h4-7H,1-3H3. The first-order valence-electron chi connectivity index (χ1n) is 4.85. The Morgan fingerprint density at radius 3 is 2.73 bits per heavy atom. The summed E-state index contributed by atoms with van der Waals surface area (Å²) < 4.78 is 8.41. The monoisotopic (exact) mass is 268 g/mol. The summed E-state index contributed by atoms with van der Waals surface area (Å²) in [6.45, 7) is 4.23. The van der Waals surface area contributed by atoms with Crippen LogP contribution in [0, 0.1) is 0 Å². The van der Waals surface area contributed by atoms with Gasteiger partial charge in [0.1, 0.15) is 0 Å². The van der Waals surface area contributed by atoms with E-state index in [9.17, 15) is 0 Å². The zero-order valence-corrected chi connectivity index (χ0v) is 10.6. The second kappa shape index (κ2) is 3.85. The number of rotatable bonds is 2. The lowest BCUT2D eigenvalue weighted by molar-refractivity contribution is 0.350. The minimum absolute atomic E-state index is 0.333. The summed E-state index contributed by atoms with van der Waals surface area (Å²) in [6, 6.07) is 7.03. The molecule has 0 spiro atoms. The molecule has 0 N–H and O–H groups in total. The van der Waals surface area contributed by atoms with Crippen LogP contribution in [0.4, 0.5) is 0 Å². The highest BCUT2D eigenvalue weighted by molar-refractivity contribution is 9.10. The molecule has 0 saturated heterocycles. The van der Waals surface area contributed by atoms with Gasteiger partial charge in [-0.15, -0.1) is 0 Å². The number of hydrogen-bond donors (Lipinski definition) is 0. The van der Waals surface area contributed by atoms with Crippen LogP contribution in [0.15, 0.2) is 22.7 Å². The van der Waals surface area contributed by atoms with Crippen LogP contribution >= 0.6 is 15.9 Å². The second-order valence-electron chi connectivity index (χ2n) is 3.70. The van der Waals surface area contributed by atoms with Crippen LogP contribution in [-0.2, 0) is 0 Å². The predicted molar refractivity (Wildman–Crippen MR) is 64.4 cm³/mol. The fraction of sp³-hybridized carbons (Fsp3) is 0.364. The van der Waals surface area contributed by atoms with Crippen LogP contribution in [0.5, 0.6) is 6.01 Å². The highest BCUT2D eigenvalue weighted by Gasteiger charge is 2.13. The molecule has 0 amide bonds. The molecule has 0 unspecified atom stereocenters. The molecular formula is C11H13BrN2O. The molecule has 0 aliphatic heterocycles. The van der Waals surface area contributed by atoms with Gasteiger partial charge in [0.25, 0.3) is 6.01 Å². The van der Waals surface area contributed by atoms with Crippen molar-refractivity contribution in [2.24, 2.45) is 0 Å². The first kappa shape index (κ1) is 10.5. The summed E-state index contributed by atoms with van der Waals surface area (Å²) in [6.07, 6.45) is 0. The molecule has 0 bridgehead atoms. The number of methoxy groups -OCH3 is 1. The Hall–Kier alpha value is -1.03. The molecule has 0 aliphatic carbocycles. The number of benzene rings is 1. The topological polar surface area (TPSA) is 27.1 Å². The molecule has 0 atom stereocenters. The fourth-order valence-electron chi connectivity index (χ4n) is 1.69. The number of hydrogen-bond acceptors (Lipinski definition) is 2. The van der Waals surface area contributed by atoms with Crippen molar-refractivity contribution in [1.29, 1.82) is 0 Å². The van der Waals surface area contributed by atoms with E-state index in [1.165, 1.54) is 0 Å². The molecule has 1 aromatic heterocycles. The number of nitrogens with zero attached hydrogens (tertiary/aromatic N) is 2. The maximum atomic E-state index is 5.27. The number of fused-ring (bicyclic) bond motifs is 1. The van der Waals surface area contributed by atoms with Crippen LogP contribution in [-0.4, -0.2) is 16.7 Å². The minimum atomic E-state index is 0.333. The number of ether oxygens (including phenoxy) is 1. The molecule has 0 fully saturated rings. The average molecular weight is 269 g/mol. The molecule has 3 nitrogen and oxygen atoms in total. The molecule has 1 aromatic carbocycles. The van der Waals surface area contributed by atoms with Gasteiger partial charge in [0.15, 0.2) is 0 Å². The Morgan fingerprint density at radius 1 is 1.40 bits per heavy atom. The Balaban J connectivity index is 2.76. The fourth-order valence-corrected chi connectivity index (χ4v) is 2.04. The van der Waals surface area contributed by atoms with E-state index in [0.29, 0.717) is 12.1 Å². The molecule has 1 heterocycles. The third-order valence-electron chi connectivity index (χ3n) is 2.32. The Bertz CT molecular complexity index is 491. The SMILES string of the molecule is COc1nc2ccc(Br)cc2n1C(C)C. The summed E-state index contributed by atoms with van der Waals surface area (Å²) in [5, 5.41) is 0. The maximum absolute atomic E-state index is 5.27. The van der Waals surface area contributed by atoms with E-state index in [2.05, 4.69) is 45.4 Å². The number of aromatic nitrogens is 2. The third-order valence-corrected chi connectivity index (χ3v) is 2.81. The molecule has 80 valence electrons. The van der Waals surface area contributed by atoms with E-state index >= 15 is 0 Å². The van der Waals surface area contributed by atoms with Crippen LogP contribution in [0.1, 0.15) is 19.9 Å². The third kappa shape index (κ3) is 1.74. The van der Waals surface area contributed by atoms with E-state index in [1.807, 2.05) is 12.1 Å². The zero-order valence-electron chi connectivity index (χ0n) is 8.99. The molecule has 0 aliphatic rings. The van der Waals surface area contributed by atoms with Gasteiger partial charge in [0, 0.05) is 10.5 Å². The van der Waals surface area contributed by atoms with Gasteiger partial charge in [0.05, 0.1) is 18.1 Å². The summed E-state index contributed by atoms with van der Waals surface area (Å²) in [5.74, 6) is 0. The summed E-state index contributed by atoms with van der Waals surface area (Å²) >= 11 is 3.46. The smallest absolute Gasteiger partial charge is 0.297 e. The van der Waals surface area contributed by atoms with Gasteiger partial charge in [-0.05, 0) is 32.0 Å². The molecule has 2 rings (SSSR count). The van der Waals surface area contributed by atoms with Crippen molar-refractivity contribution >= 4 is 27.0 Å². The first-order chi connectivity index (χ1) is 7.13. The lowest BCUT2D eigenvalue weighted by atomic mass is 10.3. The van der Waals surface area contributed by atoms with E-state index in [0.717, 1.165) is 15.5 Å². The molecule has 0 radical (unpaired) electrons. The molecule has 0 saturated carbocycles. The first-order valence-corrected chi connectivity index (χ1v) is 5.64. The molecule has 15 heavy (non-hydrogen) atoms. The Morgan fingerprint density at radius 2 is 2.13 bits per heavy atom. The van der Waals surface area contributed by atoms with Crippen molar-refractivity contribution in [2.45, 2.75) is 19.9 Å². The van der Waals surface area contributed by atoms with Crippen LogP contribution < -0.4 is 4.74 Å². The van der Waals surface area contributed by atoms with Crippen LogP contribution in [0.2, 0.25) is 0 Å². The van der Waals surface area contributed by atoms with Gasteiger partial charge in [-0.25, -0.2) is 0 Å².